The van der Waals surface area contributed by atoms with E-state index >= 15 is 0 Å². The van der Waals surface area contributed by atoms with Gasteiger partial charge in [0.15, 0.2) is 4.90 Å². The van der Waals surface area contributed by atoms with Crippen LogP contribution in [0.2, 0.25) is 0 Å². The van der Waals surface area contributed by atoms with Crippen LogP contribution >= 0.6 is 0 Å². The molecule has 0 aliphatic heterocycles. The van der Waals surface area contributed by atoms with Crippen LogP contribution in [0, 0.1) is 0 Å². The minimum absolute atomic E-state index is 0.290. The summed E-state index contributed by atoms with van der Waals surface area (Å²) in [7, 11) is 0.290. The Hall–Kier alpha value is -0.950. The zero-order valence-electron chi connectivity index (χ0n) is 7.73. The molecule has 0 bridgehead atoms. The van der Waals surface area contributed by atoms with E-state index in [0.29, 0.717) is 0 Å². The van der Waals surface area contributed by atoms with Crippen molar-refractivity contribution < 1.29 is 0 Å². The Bertz CT molecular complexity index is 335. The Morgan fingerprint density at radius 2 is 1.92 bits per heavy atom. The third-order valence-electron chi connectivity index (χ3n) is 2.23. The molecular weight excluding hydrogens is 176 g/mol. The summed E-state index contributed by atoms with van der Waals surface area (Å²) in [5, 5.41) is 0. The zero-order valence-corrected chi connectivity index (χ0v) is 8.55. The number of hydrogen-bond acceptors (Lipinski definition) is 0. The maximum absolute atomic E-state index is 2.30. The minimum atomic E-state index is 0.290. The SMILES string of the molecule is C[S+](C1=CC=CC1)c1ccccc1. The van der Waals surface area contributed by atoms with Gasteiger partial charge in [-0.1, -0.05) is 30.4 Å². The van der Waals surface area contributed by atoms with Crippen LogP contribution in [-0.2, 0) is 10.9 Å². The standard InChI is InChI=1S/C12H13S/c1-13(12-9-5-6-10-12)11-7-3-2-4-8-11/h2-9H,10H2,1H3/q+1. The predicted molar refractivity (Wildman–Crippen MR) is 59.8 cm³/mol. The van der Waals surface area contributed by atoms with E-state index in [2.05, 4.69) is 54.8 Å². The molecule has 1 aromatic rings. The van der Waals surface area contributed by atoms with Crippen LogP contribution in [0.4, 0.5) is 0 Å². The van der Waals surface area contributed by atoms with E-state index < -0.39 is 0 Å². The van der Waals surface area contributed by atoms with Gasteiger partial charge in [0, 0.05) is 6.42 Å². The molecule has 0 saturated carbocycles. The molecule has 1 heteroatoms. The molecule has 1 aliphatic rings. The number of rotatable bonds is 2. The summed E-state index contributed by atoms with van der Waals surface area (Å²) in [4.78, 5) is 2.99. The van der Waals surface area contributed by atoms with Gasteiger partial charge in [-0.15, -0.1) is 0 Å². The lowest BCUT2D eigenvalue weighted by Crippen LogP contribution is -2.01. The zero-order chi connectivity index (χ0) is 9.10. The lowest BCUT2D eigenvalue weighted by molar-refractivity contribution is 1.37. The molecule has 0 nitrogen and oxygen atoms in total. The average molecular weight is 189 g/mol. The highest BCUT2D eigenvalue weighted by molar-refractivity contribution is 8.00. The molecule has 0 aromatic heterocycles. The predicted octanol–water partition coefficient (Wildman–Crippen LogP) is 3.14. The third-order valence-corrected chi connectivity index (χ3v) is 4.30. The molecule has 13 heavy (non-hydrogen) atoms. The molecule has 66 valence electrons. The van der Waals surface area contributed by atoms with Crippen LogP contribution in [-0.4, -0.2) is 6.26 Å². The fraction of sp³-hybridized carbons (Fsp3) is 0.167. The van der Waals surface area contributed by atoms with Gasteiger partial charge in [-0.2, -0.15) is 0 Å². The molecule has 0 heterocycles. The van der Waals surface area contributed by atoms with E-state index in [9.17, 15) is 0 Å². The fourth-order valence-corrected chi connectivity index (χ4v) is 2.93. The van der Waals surface area contributed by atoms with Crippen molar-refractivity contribution in [3.05, 3.63) is 53.5 Å². The van der Waals surface area contributed by atoms with Gasteiger partial charge < -0.3 is 0 Å². The average Bonchev–Trinajstić information content (AvgIpc) is 2.71. The molecule has 0 radical (unpaired) electrons. The minimum Gasteiger partial charge on any atom is -0.0756 e. The van der Waals surface area contributed by atoms with Crippen LogP contribution in [0.3, 0.4) is 0 Å². The monoisotopic (exact) mass is 189 g/mol. The molecule has 1 aromatic carbocycles. The second-order valence-corrected chi connectivity index (χ2v) is 5.11. The Balaban J connectivity index is 2.18. The van der Waals surface area contributed by atoms with Crippen LogP contribution in [0.25, 0.3) is 0 Å². The smallest absolute Gasteiger partial charge is 0.0756 e. The maximum Gasteiger partial charge on any atom is 0.160 e. The number of benzene rings is 1. The highest BCUT2D eigenvalue weighted by Gasteiger charge is 2.21. The van der Waals surface area contributed by atoms with Crippen LogP contribution in [0.1, 0.15) is 6.42 Å². The van der Waals surface area contributed by atoms with Crippen LogP contribution < -0.4 is 0 Å². The Morgan fingerprint density at radius 1 is 1.15 bits per heavy atom. The molecule has 0 spiro atoms. The summed E-state index contributed by atoms with van der Waals surface area (Å²) < 4.78 is 0. The normalized spacial score (nSPS) is 17.2. The summed E-state index contributed by atoms with van der Waals surface area (Å²) in [6.07, 6.45) is 10.1. The third kappa shape index (κ3) is 1.86. The lowest BCUT2D eigenvalue weighted by Gasteiger charge is -2.01. The highest BCUT2D eigenvalue weighted by atomic mass is 32.2. The highest BCUT2D eigenvalue weighted by Crippen LogP contribution is 2.24. The molecule has 1 unspecified atom stereocenters. The molecule has 0 fully saturated rings. The summed E-state index contributed by atoms with van der Waals surface area (Å²) in [6.45, 7) is 0. The molecule has 0 saturated heterocycles. The fourth-order valence-electron chi connectivity index (χ4n) is 1.43. The molecule has 0 N–H and O–H groups in total. The summed E-state index contributed by atoms with van der Waals surface area (Å²) >= 11 is 0. The maximum atomic E-state index is 2.30. The molecule has 2 rings (SSSR count). The van der Waals surface area contributed by atoms with E-state index in [4.69, 9.17) is 0 Å². The van der Waals surface area contributed by atoms with Crippen LogP contribution in [0.5, 0.6) is 0 Å². The van der Waals surface area contributed by atoms with Gasteiger partial charge >= 0.3 is 0 Å². The van der Waals surface area contributed by atoms with Gasteiger partial charge in [0.1, 0.15) is 11.2 Å². The first-order valence-corrected chi connectivity index (χ1v) is 6.08. The van der Waals surface area contributed by atoms with E-state index in [1.54, 1.807) is 4.91 Å². The van der Waals surface area contributed by atoms with Gasteiger partial charge in [0.2, 0.25) is 0 Å². The first kappa shape index (κ1) is 8.64. The van der Waals surface area contributed by atoms with Crippen molar-refractivity contribution in [2.24, 2.45) is 0 Å². The lowest BCUT2D eigenvalue weighted by atomic mass is 10.4. The topological polar surface area (TPSA) is 0 Å². The van der Waals surface area contributed by atoms with Gasteiger partial charge in [-0.3, -0.25) is 0 Å². The van der Waals surface area contributed by atoms with Gasteiger partial charge in [0.25, 0.3) is 0 Å². The first-order valence-electron chi connectivity index (χ1n) is 4.44. The van der Waals surface area contributed by atoms with E-state index in [-0.39, 0.29) is 10.9 Å². The van der Waals surface area contributed by atoms with Crippen molar-refractivity contribution in [1.29, 1.82) is 0 Å². The van der Waals surface area contributed by atoms with Crippen molar-refractivity contribution in [2.75, 3.05) is 6.26 Å². The first-order chi connectivity index (χ1) is 6.38. The summed E-state index contributed by atoms with van der Waals surface area (Å²) in [5.74, 6) is 0. The second kappa shape index (κ2) is 3.84. The molecule has 1 aliphatic carbocycles. The van der Waals surface area contributed by atoms with Crippen molar-refractivity contribution in [3.8, 4) is 0 Å². The Morgan fingerprint density at radius 3 is 2.54 bits per heavy atom. The number of hydrogen-bond donors (Lipinski definition) is 0. The molecule has 0 amide bonds. The van der Waals surface area contributed by atoms with E-state index in [1.165, 1.54) is 4.90 Å². The van der Waals surface area contributed by atoms with Gasteiger partial charge in [0.05, 0.1) is 10.9 Å². The van der Waals surface area contributed by atoms with E-state index in [0.717, 1.165) is 6.42 Å². The quantitative estimate of drug-likeness (QED) is 0.627. The van der Waals surface area contributed by atoms with Crippen molar-refractivity contribution in [2.45, 2.75) is 11.3 Å². The van der Waals surface area contributed by atoms with Crippen molar-refractivity contribution in [3.63, 3.8) is 0 Å². The second-order valence-electron chi connectivity index (χ2n) is 3.09. The summed E-state index contributed by atoms with van der Waals surface area (Å²) in [6, 6.07) is 10.7. The molecular formula is C12H13S+. The van der Waals surface area contributed by atoms with Gasteiger partial charge in [-0.05, 0) is 18.2 Å². The van der Waals surface area contributed by atoms with Gasteiger partial charge in [-0.25, -0.2) is 0 Å². The van der Waals surface area contributed by atoms with E-state index in [1.807, 2.05) is 0 Å². The van der Waals surface area contributed by atoms with Crippen molar-refractivity contribution >= 4 is 10.9 Å². The summed E-state index contributed by atoms with van der Waals surface area (Å²) in [5.41, 5.74) is 0. The largest absolute Gasteiger partial charge is 0.160 e. The van der Waals surface area contributed by atoms with Crippen LogP contribution in [0.15, 0.2) is 58.4 Å². The Kier molecular flexibility index (Phi) is 2.55. The Labute approximate surface area is 82.3 Å². The number of allylic oxidation sites excluding steroid dienone is 4. The molecule has 1 atom stereocenters. The van der Waals surface area contributed by atoms with Crippen molar-refractivity contribution in [1.82, 2.24) is 0 Å².